The van der Waals surface area contributed by atoms with Crippen molar-refractivity contribution in [2.75, 3.05) is 11.4 Å². The predicted molar refractivity (Wildman–Crippen MR) is 83.0 cm³/mol. The molecule has 4 heteroatoms. The molecule has 1 N–H and O–H groups in total. The lowest BCUT2D eigenvalue weighted by molar-refractivity contribution is 0.819. The highest BCUT2D eigenvalue weighted by atomic mass is 15.2. The minimum atomic E-state index is 0.854. The van der Waals surface area contributed by atoms with Crippen molar-refractivity contribution in [2.24, 2.45) is 0 Å². The Bertz CT molecular complexity index is 735. The Balaban J connectivity index is 1.67. The molecule has 0 fully saturated rings. The maximum absolute atomic E-state index is 4.33. The van der Waals surface area contributed by atoms with Crippen molar-refractivity contribution in [1.82, 2.24) is 15.0 Å². The van der Waals surface area contributed by atoms with Crippen LogP contribution in [0.2, 0.25) is 0 Å². The van der Waals surface area contributed by atoms with Gasteiger partial charge in [-0.05, 0) is 29.7 Å². The molecule has 1 aliphatic heterocycles. The molecule has 0 bridgehead atoms. The van der Waals surface area contributed by atoms with E-state index in [-0.39, 0.29) is 0 Å². The number of anilines is 1. The molecule has 0 amide bonds. The lowest BCUT2D eigenvalue weighted by atomic mass is 10.0. The van der Waals surface area contributed by atoms with Crippen LogP contribution in [0.4, 0.5) is 5.69 Å². The van der Waals surface area contributed by atoms with E-state index in [0.717, 1.165) is 30.8 Å². The first-order valence-corrected chi connectivity index (χ1v) is 7.16. The van der Waals surface area contributed by atoms with Gasteiger partial charge in [0.2, 0.25) is 0 Å². The van der Waals surface area contributed by atoms with Crippen molar-refractivity contribution in [2.45, 2.75) is 13.0 Å². The van der Waals surface area contributed by atoms with Crippen LogP contribution >= 0.6 is 0 Å². The van der Waals surface area contributed by atoms with Gasteiger partial charge in [0, 0.05) is 36.4 Å². The van der Waals surface area contributed by atoms with Crippen molar-refractivity contribution < 1.29 is 0 Å². The van der Waals surface area contributed by atoms with Crippen molar-refractivity contribution in [1.29, 1.82) is 0 Å². The number of aromatic amines is 1. The van der Waals surface area contributed by atoms with Gasteiger partial charge >= 0.3 is 0 Å². The van der Waals surface area contributed by atoms with Crippen molar-refractivity contribution in [3.63, 3.8) is 0 Å². The number of pyridine rings is 1. The lowest BCUT2D eigenvalue weighted by Crippen LogP contribution is -2.19. The zero-order chi connectivity index (χ0) is 14.1. The van der Waals surface area contributed by atoms with E-state index in [0.29, 0.717) is 0 Å². The Morgan fingerprint density at radius 2 is 2.19 bits per heavy atom. The number of benzene rings is 1. The Hall–Kier alpha value is -2.62. The number of H-pyrrole nitrogens is 1. The molecule has 0 spiro atoms. The van der Waals surface area contributed by atoms with Crippen LogP contribution < -0.4 is 4.90 Å². The standard InChI is InChI=1S/C17H16N4/c1-2-15(9-18-6-1)14-4-3-13-5-7-21(17(13)8-14)11-16-10-19-12-20-16/h1-4,6,8-10,12H,5,7,11H2,(H,19,20). The summed E-state index contributed by atoms with van der Waals surface area (Å²) in [7, 11) is 0. The average molecular weight is 276 g/mol. The SMILES string of the molecule is c1cncc(-c2ccc3c(c2)N(Cc2c[nH]cn2)CC3)c1. The summed E-state index contributed by atoms with van der Waals surface area (Å²) < 4.78 is 0. The molecule has 0 unspecified atom stereocenters. The quantitative estimate of drug-likeness (QED) is 0.799. The number of hydrogen-bond acceptors (Lipinski definition) is 3. The molecule has 104 valence electrons. The first-order chi connectivity index (χ1) is 10.4. The third-order valence-electron chi connectivity index (χ3n) is 3.98. The molecular formula is C17H16N4. The summed E-state index contributed by atoms with van der Waals surface area (Å²) in [5.41, 5.74) is 6.19. The van der Waals surface area contributed by atoms with E-state index in [4.69, 9.17) is 0 Å². The molecule has 2 aromatic heterocycles. The van der Waals surface area contributed by atoms with Crippen LogP contribution in [-0.2, 0) is 13.0 Å². The molecule has 0 saturated heterocycles. The molecule has 0 saturated carbocycles. The number of nitrogens with one attached hydrogen (secondary N) is 1. The molecule has 3 heterocycles. The zero-order valence-electron chi connectivity index (χ0n) is 11.7. The van der Waals surface area contributed by atoms with E-state index in [2.05, 4.69) is 44.1 Å². The number of fused-ring (bicyclic) bond motifs is 1. The van der Waals surface area contributed by atoms with Crippen LogP contribution in [0.1, 0.15) is 11.3 Å². The van der Waals surface area contributed by atoms with Gasteiger partial charge in [-0.25, -0.2) is 4.98 Å². The summed E-state index contributed by atoms with van der Waals surface area (Å²) in [6.07, 6.45) is 8.52. The lowest BCUT2D eigenvalue weighted by Gasteiger charge is -2.18. The van der Waals surface area contributed by atoms with Gasteiger partial charge in [0.1, 0.15) is 0 Å². The molecule has 0 aliphatic carbocycles. The molecule has 4 nitrogen and oxygen atoms in total. The number of nitrogens with zero attached hydrogens (tertiary/aromatic N) is 3. The summed E-state index contributed by atoms with van der Waals surface area (Å²) in [5.74, 6) is 0. The van der Waals surface area contributed by atoms with E-state index in [1.54, 1.807) is 12.5 Å². The van der Waals surface area contributed by atoms with Crippen molar-refractivity contribution >= 4 is 5.69 Å². The van der Waals surface area contributed by atoms with E-state index < -0.39 is 0 Å². The first-order valence-electron chi connectivity index (χ1n) is 7.16. The normalized spacial score (nSPS) is 13.4. The van der Waals surface area contributed by atoms with Crippen molar-refractivity contribution in [3.8, 4) is 11.1 Å². The molecule has 3 aromatic rings. The summed E-state index contributed by atoms with van der Waals surface area (Å²) in [6, 6.07) is 10.8. The smallest absolute Gasteiger partial charge is 0.0923 e. The highest BCUT2D eigenvalue weighted by Gasteiger charge is 2.20. The van der Waals surface area contributed by atoms with Gasteiger partial charge in [0.25, 0.3) is 0 Å². The third-order valence-corrected chi connectivity index (χ3v) is 3.98. The van der Waals surface area contributed by atoms with Crippen LogP contribution in [0.15, 0.2) is 55.2 Å². The second-order valence-electron chi connectivity index (χ2n) is 5.32. The van der Waals surface area contributed by atoms with E-state index in [9.17, 15) is 0 Å². The summed E-state index contributed by atoms with van der Waals surface area (Å²) in [6.45, 7) is 1.91. The molecule has 1 aliphatic rings. The zero-order valence-corrected chi connectivity index (χ0v) is 11.7. The van der Waals surface area contributed by atoms with Crippen LogP contribution in [0.5, 0.6) is 0 Å². The Morgan fingerprint density at radius 1 is 1.19 bits per heavy atom. The molecule has 1 aromatic carbocycles. The number of hydrogen-bond donors (Lipinski definition) is 1. The van der Waals surface area contributed by atoms with Crippen LogP contribution in [0.3, 0.4) is 0 Å². The van der Waals surface area contributed by atoms with Gasteiger partial charge < -0.3 is 9.88 Å². The molecule has 21 heavy (non-hydrogen) atoms. The van der Waals surface area contributed by atoms with E-state index >= 15 is 0 Å². The highest BCUT2D eigenvalue weighted by Crippen LogP contribution is 2.33. The Labute approximate surface area is 123 Å². The fourth-order valence-electron chi connectivity index (χ4n) is 2.90. The largest absolute Gasteiger partial charge is 0.365 e. The Morgan fingerprint density at radius 3 is 3.00 bits per heavy atom. The fourth-order valence-corrected chi connectivity index (χ4v) is 2.90. The third kappa shape index (κ3) is 2.29. The number of rotatable bonds is 3. The average Bonchev–Trinajstić information content (AvgIpc) is 3.19. The molecule has 0 radical (unpaired) electrons. The highest BCUT2D eigenvalue weighted by molar-refractivity contribution is 5.71. The summed E-state index contributed by atoms with van der Waals surface area (Å²) >= 11 is 0. The van der Waals surface area contributed by atoms with Crippen molar-refractivity contribution in [3.05, 3.63) is 66.5 Å². The van der Waals surface area contributed by atoms with Crippen LogP contribution in [-0.4, -0.2) is 21.5 Å². The van der Waals surface area contributed by atoms with Gasteiger partial charge in [0.05, 0.1) is 18.6 Å². The van der Waals surface area contributed by atoms with Gasteiger partial charge in [-0.1, -0.05) is 18.2 Å². The van der Waals surface area contributed by atoms with Gasteiger partial charge in [-0.3, -0.25) is 4.98 Å². The second kappa shape index (κ2) is 5.05. The molecule has 4 rings (SSSR count). The maximum Gasteiger partial charge on any atom is 0.0923 e. The predicted octanol–water partition coefficient (Wildman–Crippen LogP) is 3.03. The van der Waals surface area contributed by atoms with Gasteiger partial charge in [-0.2, -0.15) is 0 Å². The van der Waals surface area contributed by atoms with Crippen LogP contribution in [0, 0.1) is 0 Å². The van der Waals surface area contributed by atoms with Gasteiger partial charge in [-0.15, -0.1) is 0 Å². The van der Waals surface area contributed by atoms with E-state index in [1.807, 2.05) is 18.5 Å². The fraction of sp³-hybridized carbons (Fsp3) is 0.176. The number of aromatic nitrogens is 3. The molecule has 0 atom stereocenters. The second-order valence-corrected chi connectivity index (χ2v) is 5.32. The monoisotopic (exact) mass is 276 g/mol. The van der Waals surface area contributed by atoms with E-state index in [1.165, 1.54) is 16.8 Å². The number of imidazole rings is 1. The minimum Gasteiger partial charge on any atom is -0.365 e. The van der Waals surface area contributed by atoms with Crippen LogP contribution in [0.25, 0.3) is 11.1 Å². The summed E-state index contributed by atoms with van der Waals surface area (Å²) in [5, 5.41) is 0. The molecular weight excluding hydrogens is 260 g/mol. The Kier molecular flexibility index (Phi) is 2.92. The summed E-state index contributed by atoms with van der Waals surface area (Å²) in [4.78, 5) is 13.9. The maximum atomic E-state index is 4.33. The minimum absolute atomic E-state index is 0.854. The topological polar surface area (TPSA) is 44.8 Å². The van der Waals surface area contributed by atoms with Gasteiger partial charge in [0.15, 0.2) is 0 Å². The first kappa shape index (κ1) is 12.1.